The van der Waals surface area contributed by atoms with Gasteiger partial charge in [-0.25, -0.2) is 0 Å². The van der Waals surface area contributed by atoms with Crippen LogP contribution in [0.1, 0.15) is 58.6 Å². The van der Waals surface area contributed by atoms with Gasteiger partial charge in [-0.3, -0.25) is 9.59 Å². The smallest absolute Gasteiger partial charge is 0.251 e. The molecule has 1 aliphatic heterocycles. The average Bonchev–Trinajstić information content (AvgIpc) is 3.11. The predicted octanol–water partition coefficient (Wildman–Crippen LogP) is 3.66. The van der Waals surface area contributed by atoms with Crippen molar-refractivity contribution in [2.24, 2.45) is 0 Å². The zero-order chi connectivity index (χ0) is 18.6. The molecular weight excluding hydrogens is 336 g/mol. The van der Waals surface area contributed by atoms with Gasteiger partial charge in [-0.05, 0) is 54.5 Å². The average molecular weight is 362 g/mol. The number of nitrogens with one attached hydrogen (secondary N) is 1. The molecule has 4 heteroatoms. The Hall–Kier alpha value is -2.62. The summed E-state index contributed by atoms with van der Waals surface area (Å²) in [6.07, 6.45) is 5.05. The van der Waals surface area contributed by atoms with Crippen molar-refractivity contribution >= 4 is 11.8 Å². The van der Waals surface area contributed by atoms with Gasteiger partial charge in [0.05, 0.1) is 0 Å². The maximum atomic E-state index is 12.5. The molecule has 1 saturated heterocycles. The Labute approximate surface area is 160 Å². The highest BCUT2D eigenvalue weighted by atomic mass is 16.2. The van der Waals surface area contributed by atoms with Crippen LogP contribution in [0.3, 0.4) is 0 Å². The number of carbonyl (C=O) groups is 2. The molecule has 4 nitrogen and oxygen atoms in total. The third-order valence-corrected chi connectivity index (χ3v) is 5.76. The highest BCUT2D eigenvalue weighted by molar-refractivity contribution is 5.94. The monoisotopic (exact) mass is 362 g/mol. The Morgan fingerprint density at radius 3 is 2.63 bits per heavy atom. The standard InChI is InChI=1S/C23H26N2O2/c26-22-9-4-14-25(22)16-17-10-12-19(13-11-17)23(27)24-15-20-7-3-6-18-5-1-2-8-21(18)20/h1-2,5,8,10-13,20H,3-4,6-7,9,14-16H2,(H,24,27)/t20-/m1/s1. The summed E-state index contributed by atoms with van der Waals surface area (Å²) in [5.41, 5.74) is 4.55. The van der Waals surface area contributed by atoms with E-state index in [9.17, 15) is 9.59 Å². The maximum absolute atomic E-state index is 12.5. The van der Waals surface area contributed by atoms with Crippen LogP contribution < -0.4 is 5.32 Å². The van der Waals surface area contributed by atoms with Crippen LogP contribution >= 0.6 is 0 Å². The molecule has 1 fully saturated rings. The minimum absolute atomic E-state index is 0.0261. The fraction of sp³-hybridized carbons (Fsp3) is 0.391. The summed E-state index contributed by atoms with van der Waals surface area (Å²) in [6, 6.07) is 16.2. The van der Waals surface area contributed by atoms with Crippen molar-refractivity contribution in [2.75, 3.05) is 13.1 Å². The number of fused-ring (bicyclic) bond motifs is 1. The molecule has 0 saturated carbocycles. The predicted molar refractivity (Wildman–Crippen MR) is 106 cm³/mol. The van der Waals surface area contributed by atoms with E-state index < -0.39 is 0 Å². The first-order chi connectivity index (χ1) is 13.2. The van der Waals surface area contributed by atoms with Gasteiger partial charge in [0, 0.05) is 37.5 Å². The number of amides is 2. The van der Waals surface area contributed by atoms with E-state index in [1.54, 1.807) is 0 Å². The van der Waals surface area contributed by atoms with Crippen molar-refractivity contribution in [3.63, 3.8) is 0 Å². The van der Waals surface area contributed by atoms with Gasteiger partial charge in [-0.15, -0.1) is 0 Å². The highest BCUT2D eigenvalue weighted by Gasteiger charge is 2.21. The van der Waals surface area contributed by atoms with Crippen LogP contribution in [0, 0.1) is 0 Å². The van der Waals surface area contributed by atoms with E-state index in [-0.39, 0.29) is 11.8 Å². The van der Waals surface area contributed by atoms with Crippen LogP contribution in [0.25, 0.3) is 0 Å². The van der Waals surface area contributed by atoms with Gasteiger partial charge in [0.2, 0.25) is 5.91 Å². The topological polar surface area (TPSA) is 49.4 Å². The fourth-order valence-electron chi connectivity index (χ4n) is 4.24. The van der Waals surface area contributed by atoms with E-state index >= 15 is 0 Å². The second kappa shape index (κ2) is 7.95. The zero-order valence-electron chi connectivity index (χ0n) is 15.6. The molecule has 1 N–H and O–H groups in total. The maximum Gasteiger partial charge on any atom is 0.251 e. The van der Waals surface area contributed by atoms with Gasteiger partial charge in [-0.1, -0.05) is 36.4 Å². The number of carbonyl (C=O) groups excluding carboxylic acids is 2. The fourth-order valence-corrected chi connectivity index (χ4v) is 4.24. The third kappa shape index (κ3) is 4.05. The number of hydrogen-bond donors (Lipinski definition) is 1. The SMILES string of the molecule is O=C(NC[C@H]1CCCc2ccccc21)c1ccc(CN2CCCC2=O)cc1. The van der Waals surface area contributed by atoms with Crippen molar-refractivity contribution in [2.45, 2.75) is 44.6 Å². The summed E-state index contributed by atoms with van der Waals surface area (Å²) in [6.45, 7) is 2.16. The molecular formula is C23H26N2O2. The Morgan fingerprint density at radius 1 is 1.04 bits per heavy atom. The Morgan fingerprint density at radius 2 is 1.85 bits per heavy atom. The summed E-state index contributed by atoms with van der Waals surface area (Å²) in [4.78, 5) is 26.2. The molecule has 1 atom stereocenters. The lowest BCUT2D eigenvalue weighted by molar-refractivity contribution is -0.128. The van der Waals surface area contributed by atoms with Gasteiger partial charge >= 0.3 is 0 Å². The quantitative estimate of drug-likeness (QED) is 0.882. The molecule has 2 aliphatic rings. The van der Waals surface area contributed by atoms with Crippen molar-refractivity contribution in [1.29, 1.82) is 0 Å². The van der Waals surface area contributed by atoms with Gasteiger partial charge in [0.1, 0.15) is 0 Å². The summed E-state index contributed by atoms with van der Waals surface area (Å²) in [5, 5.41) is 3.11. The Kier molecular flexibility index (Phi) is 5.23. The molecule has 0 spiro atoms. The number of benzene rings is 2. The molecule has 140 valence electrons. The first-order valence-electron chi connectivity index (χ1n) is 9.93. The molecule has 1 heterocycles. The van der Waals surface area contributed by atoms with Crippen LogP contribution in [0.2, 0.25) is 0 Å². The molecule has 2 amide bonds. The lowest BCUT2D eigenvalue weighted by Crippen LogP contribution is -2.30. The van der Waals surface area contributed by atoms with Crippen molar-refractivity contribution < 1.29 is 9.59 Å². The number of likely N-dealkylation sites (tertiary alicyclic amines) is 1. The van der Waals surface area contributed by atoms with E-state index in [0.29, 0.717) is 31.0 Å². The second-order valence-corrected chi connectivity index (χ2v) is 7.61. The lowest BCUT2D eigenvalue weighted by atomic mass is 9.83. The molecule has 4 rings (SSSR count). The molecule has 0 unspecified atom stereocenters. The van der Waals surface area contributed by atoms with E-state index in [1.807, 2.05) is 29.2 Å². The highest BCUT2D eigenvalue weighted by Crippen LogP contribution is 2.30. The van der Waals surface area contributed by atoms with E-state index in [4.69, 9.17) is 0 Å². The van der Waals surface area contributed by atoms with Crippen molar-refractivity contribution in [3.8, 4) is 0 Å². The molecule has 27 heavy (non-hydrogen) atoms. The van der Waals surface area contributed by atoms with Gasteiger partial charge in [0.25, 0.3) is 5.91 Å². The number of rotatable bonds is 5. The Bertz CT molecular complexity index is 829. The third-order valence-electron chi connectivity index (χ3n) is 5.76. The van der Waals surface area contributed by atoms with E-state index in [2.05, 4.69) is 29.6 Å². The molecule has 2 aromatic carbocycles. The number of hydrogen-bond acceptors (Lipinski definition) is 2. The zero-order valence-corrected chi connectivity index (χ0v) is 15.6. The summed E-state index contributed by atoms with van der Waals surface area (Å²) < 4.78 is 0. The summed E-state index contributed by atoms with van der Waals surface area (Å²) >= 11 is 0. The van der Waals surface area contributed by atoms with Crippen LogP contribution in [-0.2, 0) is 17.8 Å². The van der Waals surface area contributed by atoms with Crippen molar-refractivity contribution in [1.82, 2.24) is 10.2 Å². The number of aryl methyl sites for hydroxylation is 1. The molecule has 1 aliphatic carbocycles. The number of nitrogens with zero attached hydrogens (tertiary/aromatic N) is 1. The van der Waals surface area contributed by atoms with Crippen LogP contribution in [0.4, 0.5) is 0 Å². The molecule has 2 aromatic rings. The van der Waals surface area contributed by atoms with Gasteiger partial charge in [0.15, 0.2) is 0 Å². The van der Waals surface area contributed by atoms with E-state index in [0.717, 1.165) is 31.4 Å². The summed E-state index contributed by atoms with van der Waals surface area (Å²) in [7, 11) is 0. The van der Waals surface area contributed by atoms with Gasteiger partial charge < -0.3 is 10.2 Å². The Balaban J connectivity index is 1.34. The largest absolute Gasteiger partial charge is 0.351 e. The summed E-state index contributed by atoms with van der Waals surface area (Å²) in [5.74, 6) is 0.603. The first kappa shape index (κ1) is 17.8. The van der Waals surface area contributed by atoms with Gasteiger partial charge in [-0.2, -0.15) is 0 Å². The van der Waals surface area contributed by atoms with Crippen LogP contribution in [-0.4, -0.2) is 29.8 Å². The second-order valence-electron chi connectivity index (χ2n) is 7.61. The molecule has 0 aromatic heterocycles. The van der Waals surface area contributed by atoms with Crippen LogP contribution in [0.15, 0.2) is 48.5 Å². The first-order valence-corrected chi connectivity index (χ1v) is 9.93. The normalized spacial score (nSPS) is 19.0. The lowest BCUT2D eigenvalue weighted by Gasteiger charge is -2.25. The molecule has 0 radical (unpaired) electrons. The minimum atomic E-state index is -0.0261. The van der Waals surface area contributed by atoms with Crippen LogP contribution in [0.5, 0.6) is 0 Å². The minimum Gasteiger partial charge on any atom is -0.351 e. The van der Waals surface area contributed by atoms with Crippen molar-refractivity contribution in [3.05, 3.63) is 70.8 Å². The van der Waals surface area contributed by atoms with E-state index in [1.165, 1.54) is 17.5 Å². The molecule has 0 bridgehead atoms.